The molecule has 0 aliphatic heterocycles. The van der Waals surface area contributed by atoms with Crippen molar-refractivity contribution in [2.45, 2.75) is 26.3 Å². The standard InChI is InChI=1S/C8H14N2O2/c1-5-6(2)12-8(10-5)3-7(9)4-11/h7,11H,3-4,9H2,1-2H3. The Bertz CT molecular complexity index is 238. The molecule has 0 aliphatic rings. The van der Waals surface area contributed by atoms with E-state index in [0.717, 1.165) is 11.5 Å². The van der Waals surface area contributed by atoms with Crippen LogP contribution in [0.2, 0.25) is 0 Å². The van der Waals surface area contributed by atoms with Crippen LogP contribution in [0.3, 0.4) is 0 Å². The number of aromatic nitrogens is 1. The SMILES string of the molecule is Cc1nc(CC(N)CO)oc1C. The number of hydrogen-bond donors (Lipinski definition) is 2. The maximum absolute atomic E-state index is 8.68. The lowest BCUT2D eigenvalue weighted by Gasteiger charge is -2.02. The highest BCUT2D eigenvalue weighted by Gasteiger charge is 2.09. The van der Waals surface area contributed by atoms with Gasteiger partial charge in [0.05, 0.1) is 12.3 Å². The number of nitrogens with two attached hydrogens (primary N) is 1. The summed E-state index contributed by atoms with van der Waals surface area (Å²) in [6.45, 7) is 3.70. The van der Waals surface area contributed by atoms with Gasteiger partial charge < -0.3 is 15.3 Å². The first kappa shape index (κ1) is 9.22. The van der Waals surface area contributed by atoms with Gasteiger partial charge in [-0.1, -0.05) is 0 Å². The molecule has 1 heterocycles. The Hall–Kier alpha value is -0.870. The van der Waals surface area contributed by atoms with E-state index in [1.807, 2.05) is 13.8 Å². The van der Waals surface area contributed by atoms with Gasteiger partial charge in [-0.15, -0.1) is 0 Å². The second kappa shape index (κ2) is 3.69. The van der Waals surface area contributed by atoms with Crippen molar-refractivity contribution in [3.63, 3.8) is 0 Å². The van der Waals surface area contributed by atoms with Crippen LogP contribution in [-0.2, 0) is 6.42 Å². The Morgan fingerprint density at radius 2 is 2.25 bits per heavy atom. The largest absolute Gasteiger partial charge is 0.446 e. The molecule has 4 nitrogen and oxygen atoms in total. The van der Waals surface area contributed by atoms with Gasteiger partial charge in [0.2, 0.25) is 0 Å². The van der Waals surface area contributed by atoms with Crippen molar-refractivity contribution in [1.82, 2.24) is 4.98 Å². The minimum atomic E-state index is -0.276. The van der Waals surface area contributed by atoms with Crippen LogP contribution in [0, 0.1) is 13.8 Å². The Labute approximate surface area is 71.4 Å². The van der Waals surface area contributed by atoms with Gasteiger partial charge in [-0.05, 0) is 13.8 Å². The third kappa shape index (κ3) is 2.06. The van der Waals surface area contributed by atoms with E-state index in [4.69, 9.17) is 15.3 Å². The Morgan fingerprint density at radius 1 is 1.58 bits per heavy atom. The van der Waals surface area contributed by atoms with Gasteiger partial charge in [0.1, 0.15) is 5.76 Å². The lowest BCUT2D eigenvalue weighted by atomic mass is 10.2. The Kier molecular flexibility index (Phi) is 2.83. The van der Waals surface area contributed by atoms with E-state index in [-0.39, 0.29) is 12.6 Å². The average Bonchev–Trinajstić information content (AvgIpc) is 2.31. The molecule has 1 atom stereocenters. The zero-order valence-corrected chi connectivity index (χ0v) is 7.37. The summed E-state index contributed by atoms with van der Waals surface area (Å²) in [6, 6.07) is -0.276. The highest BCUT2D eigenvalue weighted by atomic mass is 16.4. The van der Waals surface area contributed by atoms with E-state index in [0.29, 0.717) is 12.3 Å². The molecule has 0 radical (unpaired) electrons. The first-order valence-electron chi connectivity index (χ1n) is 3.93. The molecular formula is C8H14N2O2. The quantitative estimate of drug-likeness (QED) is 0.677. The predicted octanol–water partition coefficient (Wildman–Crippen LogP) is 0.154. The molecule has 4 heteroatoms. The van der Waals surface area contributed by atoms with Crippen LogP contribution in [0.1, 0.15) is 17.3 Å². The number of hydrogen-bond acceptors (Lipinski definition) is 4. The maximum Gasteiger partial charge on any atom is 0.196 e. The second-order valence-corrected chi connectivity index (χ2v) is 2.90. The highest BCUT2D eigenvalue weighted by Crippen LogP contribution is 2.09. The summed E-state index contributed by atoms with van der Waals surface area (Å²) in [6.07, 6.45) is 0.491. The highest BCUT2D eigenvalue weighted by molar-refractivity contribution is 5.05. The van der Waals surface area contributed by atoms with Gasteiger partial charge in [0.15, 0.2) is 5.89 Å². The average molecular weight is 170 g/mol. The summed E-state index contributed by atoms with van der Waals surface area (Å²) in [5, 5.41) is 8.68. The molecule has 0 fully saturated rings. The molecule has 0 aromatic carbocycles. The summed E-state index contributed by atoms with van der Waals surface area (Å²) in [5.41, 5.74) is 6.40. The molecule has 0 bridgehead atoms. The minimum Gasteiger partial charge on any atom is -0.446 e. The first-order chi connectivity index (χ1) is 5.63. The number of nitrogens with zero attached hydrogens (tertiary/aromatic N) is 1. The van der Waals surface area contributed by atoms with E-state index in [1.165, 1.54) is 0 Å². The van der Waals surface area contributed by atoms with Crippen LogP contribution >= 0.6 is 0 Å². The number of aliphatic hydroxyl groups excluding tert-OH is 1. The molecule has 1 aromatic rings. The maximum atomic E-state index is 8.68. The summed E-state index contributed by atoms with van der Waals surface area (Å²) >= 11 is 0. The number of aliphatic hydroxyl groups is 1. The van der Waals surface area contributed by atoms with Crippen molar-refractivity contribution >= 4 is 0 Å². The van der Waals surface area contributed by atoms with Crippen LogP contribution in [0.25, 0.3) is 0 Å². The molecule has 1 aromatic heterocycles. The third-order valence-electron chi connectivity index (χ3n) is 1.74. The fourth-order valence-corrected chi connectivity index (χ4v) is 0.915. The van der Waals surface area contributed by atoms with Crippen molar-refractivity contribution in [3.05, 3.63) is 17.3 Å². The Morgan fingerprint density at radius 3 is 2.67 bits per heavy atom. The molecule has 3 N–H and O–H groups in total. The van der Waals surface area contributed by atoms with Crippen LogP contribution in [-0.4, -0.2) is 22.7 Å². The van der Waals surface area contributed by atoms with Crippen molar-refractivity contribution in [2.24, 2.45) is 5.73 Å². The molecule has 0 amide bonds. The van der Waals surface area contributed by atoms with Crippen LogP contribution in [0.4, 0.5) is 0 Å². The van der Waals surface area contributed by atoms with Crippen molar-refractivity contribution in [3.8, 4) is 0 Å². The van der Waals surface area contributed by atoms with E-state index < -0.39 is 0 Å². The molecule has 68 valence electrons. The van der Waals surface area contributed by atoms with E-state index >= 15 is 0 Å². The molecule has 1 rings (SSSR count). The topological polar surface area (TPSA) is 72.3 Å². The number of aryl methyl sites for hydroxylation is 2. The van der Waals surface area contributed by atoms with Crippen molar-refractivity contribution in [1.29, 1.82) is 0 Å². The van der Waals surface area contributed by atoms with E-state index in [9.17, 15) is 0 Å². The zero-order valence-electron chi connectivity index (χ0n) is 7.37. The van der Waals surface area contributed by atoms with Crippen LogP contribution < -0.4 is 5.73 Å². The fraction of sp³-hybridized carbons (Fsp3) is 0.625. The fourth-order valence-electron chi connectivity index (χ4n) is 0.915. The summed E-state index contributed by atoms with van der Waals surface area (Å²) in [4.78, 5) is 4.14. The smallest absolute Gasteiger partial charge is 0.196 e. The third-order valence-corrected chi connectivity index (χ3v) is 1.74. The van der Waals surface area contributed by atoms with Gasteiger partial charge in [-0.3, -0.25) is 0 Å². The summed E-state index contributed by atoms with van der Waals surface area (Å²) < 4.78 is 5.28. The molecular weight excluding hydrogens is 156 g/mol. The van der Waals surface area contributed by atoms with E-state index in [2.05, 4.69) is 4.98 Å². The second-order valence-electron chi connectivity index (χ2n) is 2.90. The lowest BCUT2D eigenvalue weighted by Crippen LogP contribution is -2.26. The monoisotopic (exact) mass is 170 g/mol. The van der Waals surface area contributed by atoms with Crippen LogP contribution in [0.5, 0.6) is 0 Å². The summed E-state index contributed by atoms with van der Waals surface area (Å²) in [7, 11) is 0. The number of rotatable bonds is 3. The Balaban J connectivity index is 2.64. The zero-order chi connectivity index (χ0) is 9.14. The molecule has 0 aliphatic carbocycles. The molecule has 0 saturated heterocycles. The molecule has 0 saturated carbocycles. The van der Waals surface area contributed by atoms with E-state index in [1.54, 1.807) is 0 Å². The van der Waals surface area contributed by atoms with Crippen molar-refractivity contribution < 1.29 is 9.52 Å². The van der Waals surface area contributed by atoms with Gasteiger partial charge in [-0.25, -0.2) is 4.98 Å². The summed E-state index contributed by atoms with van der Waals surface area (Å²) in [5.74, 6) is 1.42. The predicted molar refractivity (Wildman–Crippen MR) is 44.7 cm³/mol. The normalized spacial score (nSPS) is 13.3. The molecule has 12 heavy (non-hydrogen) atoms. The van der Waals surface area contributed by atoms with Gasteiger partial charge in [-0.2, -0.15) is 0 Å². The van der Waals surface area contributed by atoms with Gasteiger partial charge >= 0.3 is 0 Å². The molecule has 0 spiro atoms. The minimum absolute atomic E-state index is 0.0412. The van der Waals surface area contributed by atoms with Gasteiger partial charge in [0, 0.05) is 12.5 Å². The van der Waals surface area contributed by atoms with Crippen molar-refractivity contribution in [2.75, 3.05) is 6.61 Å². The van der Waals surface area contributed by atoms with Gasteiger partial charge in [0.25, 0.3) is 0 Å². The molecule has 1 unspecified atom stereocenters. The number of oxazole rings is 1. The first-order valence-corrected chi connectivity index (χ1v) is 3.93. The lowest BCUT2D eigenvalue weighted by molar-refractivity contribution is 0.258. The van der Waals surface area contributed by atoms with Crippen LogP contribution in [0.15, 0.2) is 4.42 Å².